The molecule has 9 heteroatoms. The Balaban J connectivity index is 0.00000392. The van der Waals surface area contributed by atoms with E-state index in [0.29, 0.717) is 13.2 Å². The first-order valence-corrected chi connectivity index (χ1v) is 10.2. The van der Waals surface area contributed by atoms with Crippen molar-refractivity contribution in [1.29, 1.82) is 0 Å². The van der Waals surface area contributed by atoms with E-state index in [1.807, 2.05) is 18.9 Å². The van der Waals surface area contributed by atoms with Crippen LogP contribution in [0.1, 0.15) is 26.2 Å². The summed E-state index contributed by atoms with van der Waals surface area (Å²) in [7, 11) is 3.50. The van der Waals surface area contributed by atoms with Crippen molar-refractivity contribution in [2.75, 3.05) is 79.8 Å². The molecule has 0 aromatic rings. The van der Waals surface area contributed by atoms with Gasteiger partial charge in [-0.3, -0.25) is 14.7 Å². The molecule has 2 aliphatic heterocycles. The summed E-state index contributed by atoms with van der Waals surface area (Å²) in [4.78, 5) is 23.6. The van der Waals surface area contributed by atoms with Crippen LogP contribution < -0.4 is 5.32 Å². The van der Waals surface area contributed by atoms with Crippen molar-refractivity contribution < 1.29 is 14.3 Å². The lowest BCUT2D eigenvalue weighted by Gasteiger charge is -2.39. The lowest BCUT2D eigenvalue weighted by molar-refractivity contribution is -0.135. The van der Waals surface area contributed by atoms with E-state index in [2.05, 4.69) is 20.1 Å². The van der Waals surface area contributed by atoms with Gasteiger partial charge in [0.2, 0.25) is 5.91 Å². The van der Waals surface area contributed by atoms with E-state index in [1.54, 1.807) is 7.11 Å². The number of carbonyl (C=O) groups excluding carboxylic acids is 1. The number of rotatable bonds is 9. The molecule has 1 amide bonds. The number of halogens is 1. The molecule has 0 saturated carbocycles. The van der Waals surface area contributed by atoms with Gasteiger partial charge in [-0.25, -0.2) is 0 Å². The quantitative estimate of drug-likeness (QED) is 0.215. The number of nitrogens with one attached hydrogen (secondary N) is 1. The molecule has 2 fully saturated rings. The number of aliphatic imine (C=N–C) groups is 1. The molecule has 2 saturated heterocycles. The van der Waals surface area contributed by atoms with Crippen molar-refractivity contribution in [1.82, 2.24) is 20.0 Å². The lowest BCUT2D eigenvalue weighted by Crippen LogP contribution is -2.57. The predicted molar refractivity (Wildman–Crippen MR) is 123 cm³/mol. The fourth-order valence-electron chi connectivity index (χ4n) is 3.63. The highest BCUT2D eigenvalue weighted by molar-refractivity contribution is 14.0. The summed E-state index contributed by atoms with van der Waals surface area (Å²) in [5.74, 6) is 1.22. The van der Waals surface area contributed by atoms with E-state index in [0.717, 1.165) is 77.6 Å². The maximum atomic E-state index is 12.6. The highest BCUT2D eigenvalue weighted by Crippen LogP contribution is 2.14. The second-order valence-corrected chi connectivity index (χ2v) is 7.16. The maximum Gasteiger partial charge on any atom is 0.239 e. The van der Waals surface area contributed by atoms with Gasteiger partial charge in [0.1, 0.15) is 0 Å². The third-order valence-electron chi connectivity index (χ3n) is 5.33. The average Bonchev–Trinajstić information content (AvgIpc) is 3.24. The van der Waals surface area contributed by atoms with Gasteiger partial charge in [0.15, 0.2) is 5.96 Å². The Morgan fingerprint density at radius 3 is 2.32 bits per heavy atom. The number of amides is 1. The summed E-state index contributed by atoms with van der Waals surface area (Å²) in [6.07, 6.45) is 3.22. The van der Waals surface area contributed by atoms with Gasteiger partial charge in [0, 0.05) is 66.6 Å². The summed E-state index contributed by atoms with van der Waals surface area (Å²) in [5, 5.41) is 3.41. The van der Waals surface area contributed by atoms with Crippen LogP contribution in [-0.4, -0.2) is 112 Å². The number of piperazine rings is 1. The minimum Gasteiger partial charge on any atom is -0.382 e. The number of hydrogen-bond donors (Lipinski definition) is 1. The Kier molecular flexibility index (Phi) is 13.0. The van der Waals surface area contributed by atoms with Crippen molar-refractivity contribution in [3.8, 4) is 0 Å². The second kappa shape index (κ2) is 14.4. The predicted octanol–water partition coefficient (Wildman–Crippen LogP) is 0.861. The fraction of sp³-hybridized carbons (Fsp3) is 0.895. The number of nitrogens with zero attached hydrogens (tertiary/aromatic N) is 4. The van der Waals surface area contributed by atoms with Crippen LogP contribution in [0.25, 0.3) is 0 Å². The Labute approximate surface area is 187 Å². The molecule has 0 aromatic carbocycles. The topological polar surface area (TPSA) is 69.6 Å². The molecular weight excluding hydrogens is 473 g/mol. The molecule has 1 N–H and O–H groups in total. The zero-order chi connectivity index (χ0) is 19.5. The first kappa shape index (κ1) is 25.4. The maximum absolute atomic E-state index is 12.6. The van der Waals surface area contributed by atoms with E-state index in [1.165, 1.54) is 0 Å². The number of guanidine groups is 1. The standard InChI is InChI=1S/C19H37N5O3.HI/c1-17(18(25)23-8-4-5-9-23)22-10-12-24(13-11-22)19(20-2)21-7-6-14-27-16-15-26-3;/h17H,4-16H2,1-3H3,(H,20,21);1H. The highest BCUT2D eigenvalue weighted by Gasteiger charge is 2.30. The van der Waals surface area contributed by atoms with E-state index >= 15 is 0 Å². The van der Waals surface area contributed by atoms with E-state index in [-0.39, 0.29) is 35.9 Å². The fourth-order valence-corrected chi connectivity index (χ4v) is 3.63. The third kappa shape index (κ3) is 8.00. The molecule has 2 aliphatic rings. The van der Waals surface area contributed by atoms with Crippen LogP contribution in [0.15, 0.2) is 4.99 Å². The van der Waals surface area contributed by atoms with Gasteiger partial charge in [-0.15, -0.1) is 24.0 Å². The van der Waals surface area contributed by atoms with Gasteiger partial charge < -0.3 is 24.6 Å². The lowest BCUT2D eigenvalue weighted by atomic mass is 10.2. The van der Waals surface area contributed by atoms with Crippen LogP contribution >= 0.6 is 24.0 Å². The molecule has 2 rings (SSSR count). The molecule has 2 heterocycles. The van der Waals surface area contributed by atoms with E-state index in [9.17, 15) is 4.79 Å². The summed E-state index contributed by atoms with van der Waals surface area (Å²) in [6, 6.07) is -0.0236. The van der Waals surface area contributed by atoms with Crippen molar-refractivity contribution in [2.45, 2.75) is 32.2 Å². The van der Waals surface area contributed by atoms with Gasteiger partial charge in [0.05, 0.1) is 19.3 Å². The molecular formula is C19H38IN5O3. The van der Waals surface area contributed by atoms with Gasteiger partial charge in [-0.2, -0.15) is 0 Å². The molecule has 0 spiro atoms. The first-order valence-electron chi connectivity index (χ1n) is 10.2. The third-order valence-corrected chi connectivity index (χ3v) is 5.33. The molecule has 8 nitrogen and oxygen atoms in total. The monoisotopic (exact) mass is 511 g/mol. The summed E-state index contributed by atoms with van der Waals surface area (Å²) < 4.78 is 10.4. The van der Waals surface area contributed by atoms with Crippen LogP contribution in [0.4, 0.5) is 0 Å². The second-order valence-electron chi connectivity index (χ2n) is 7.16. The van der Waals surface area contributed by atoms with Gasteiger partial charge >= 0.3 is 0 Å². The Morgan fingerprint density at radius 1 is 1.04 bits per heavy atom. The summed E-state index contributed by atoms with van der Waals surface area (Å²) >= 11 is 0. The van der Waals surface area contributed by atoms with Gasteiger partial charge in [-0.1, -0.05) is 0 Å². The number of ether oxygens (including phenoxy) is 2. The normalized spacial score (nSPS) is 19.5. The minimum atomic E-state index is -0.0236. The van der Waals surface area contributed by atoms with Crippen LogP contribution in [0.2, 0.25) is 0 Å². The van der Waals surface area contributed by atoms with Gasteiger partial charge in [-0.05, 0) is 26.2 Å². The average molecular weight is 511 g/mol. The van der Waals surface area contributed by atoms with Crippen molar-refractivity contribution in [3.05, 3.63) is 0 Å². The van der Waals surface area contributed by atoms with Crippen molar-refractivity contribution >= 4 is 35.8 Å². The number of hydrogen-bond acceptors (Lipinski definition) is 5. The largest absolute Gasteiger partial charge is 0.382 e. The first-order chi connectivity index (χ1) is 13.2. The SMILES string of the molecule is CN=C(NCCCOCCOC)N1CCN(C(C)C(=O)N2CCCC2)CC1.I. The zero-order valence-corrected chi connectivity index (χ0v) is 20.0. The Bertz CT molecular complexity index is 466. The molecule has 0 bridgehead atoms. The highest BCUT2D eigenvalue weighted by atomic mass is 127. The van der Waals surface area contributed by atoms with Crippen LogP contribution in [0.5, 0.6) is 0 Å². The smallest absolute Gasteiger partial charge is 0.239 e. The van der Waals surface area contributed by atoms with Crippen molar-refractivity contribution in [2.24, 2.45) is 4.99 Å². The van der Waals surface area contributed by atoms with Crippen LogP contribution in [-0.2, 0) is 14.3 Å². The minimum absolute atomic E-state index is 0. The Hall–Kier alpha value is -0.650. The molecule has 1 atom stereocenters. The molecule has 0 aliphatic carbocycles. The molecule has 1 unspecified atom stereocenters. The van der Waals surface area contributed by atoms with Crippen LogP contribution in [0, 0.1) is 0 Å². The van der Waals surface area contributed by atoms with Crippen LogP contribution in [0.3, 0.4) is 0 Å². The Morgan fingerprint density at radius 2 is 1.71 bits per heavy atom. The summed E-state index contributed by atoms with van der Waals surface area (Å²) in [6.45, 7) is 10.3. The number of methoxy groups -OCH3 is 1. The number of carbonyl (C=O) groups is 1. The zero-order valence-electron chi connectivity index (χ0n) is 17.7. The molecule has 0 aromatic heterocycles. The number of likely N-dealkylation sites (tertiary alicyclic amines) is 1. The van der Waals surface area contributed by atoms with E-state index < -0.39 is 0 Å². The molecule has 28 heavy (non-hydrogen) atoms. The van der Waals surface area contributed by atoms with E-state index in [4.69, 9.17) is 9.47 Å². The van der Waals surface area contributed by atoms with Gasteiger partial charge in [0.25, 0.3) is 0 Å². The van der Waals surface area contributed by atoms with Crippen molar-refractivity contribution in [3.63, 3.8) is 0 Å². The molecule has 164 valence electrons. The molecule has 0 radical (unpaired) electrons. The summed E-state index contributed by atoms with van der Waals surface area (Å²) in [5.41, 5.74) is 0.